The zero-order chi connectivity index (χ0) is 20.7. The van der Waals surface area contributed by atoms with Gasteiger partial charge in [0.05, 0.1) is 11.4 Å². The highest BCUT2D eigenvalue weighted by atomic mass is 127. The van der Waals surface area contributed by atoms with Crippen LogP contribution in [0.4, 0.5) is 0 Å². The van der Waals surface area contributed by atoms with Crippen molar-refractivity contribution in [3.05, 3.63) is 64.7 Å². The minimum Gasteiger partial charge on any atom is -0.366 e. The number of aryl methyl sites for hydroxylation is 1. The molecule has 1 amide bonds. The molecule has 0 aliphatic carbocycles. The maximum Gasteiger partial charge on any atom is 0.248 e. The minimum absolute atomic E-state index is 0. The van der Waals surface area contributed by atoms with Crippen LogP contribution in [0.3, 0.4) is 0 Å². The third-order valence-corrected chi connectivity index (χ3v) is 5.36. The second-order valence-corrected chi connectivity index (χ2v) is 8.47. The molecule has 0 radical (unpaired) electrons. The van der Waals surface area contributed by atoms with Gasteiger partial charge in [0, 0.05) is 24.9 Å². The Kier molecular flexibility index (Phi) is 9.57. The standard InChI is InChI=1S/C20H26N4O3S.HI/c1-4-22-20(23-12-15-5-8-17(9-6-15)19(21)25)24-13-16-7-10-18(14(2)11-16)28(3,26)27;/h5-11H,4,12-13H2,1-3H3,(H2,21,25)(H2,22,23,24);1H. The van der Waals surface area contributed by atoms with Crippen LogP contribution in [0.1, 0.15) is 34.0 Å². The Morgan fingerprint density at radius 3 is 2.21 bits per heavy atom. The zero-order valence-electron chi connectivity index (χ0n) is 16.7. The number of primary amides is 1. The minimum atomic E-state index is -3.23. The number of sulfone groups is 1. The Bertz CT molecular complexity index is 974. The van der Waals surface area contributed by atoms with Gasteiger partial charge in [-0.1, -0.05) is 24.3 Å². The third kappa shape index (κ3) is 7.65. The lowest BCUT2D eigenvalue weighted by molar-refractivity contribution is 0.1000. The summed E-state index contributed by atoms with van der Waals surface area (Å²) in [5.41, 5.74) is 8.34. The van der Waals surface area contributed by atoms with Crippen molar-refractivity contribution in [2.24, 2.45) is 10.7 Å². The quantitative estimate of drug-likeness (QED) is 0.289. The molecule has 0 saturated carbocycles. The number of hydrogen-bond donors (Lipinski definition) is 3. The SMILES string of the molecule is CCNC(=NCc1ccc(S(C)(=O)=O)c(C)c1)NCc1ccc(C(N)=O)cc1.I. The van der Waals surface area contributed by atoms with E-state index in [0.29, 0.717) is 41.6 Å². The first-order valence-corrected chi connectivity index (χ1v) is 10.8. The largest absolute Gasteiger partial charge is 0.366 e. The van der Waals surface area contributed by atoms with E-state index in [-0.39, 0.29) is 24.0 Å². The molecule has 4 N–H and O–H groups in total. The fourth-order valence-corrected chi connectivity index (χ4v) is 3.67. The normalized spacial score (nSPS) is 11.5. The first-order valence-electron chi connectivity index (χ1n) is 8.91. The van der Waals surface area contributed by atoms with Crippen molar-refractivity contribution < 1.29 is 13.2 Å². The Hall–Kier alpha value is -2.14. The molecule has 2 aromatic carbocycles. The molecule has 2 aromatic rings. The molecule has 0 atom stereocenters. The Balaban J connectivity index is 0.00000420. The van der Waals surface area contributed by atoms with E-state index < -0.39 is 15.7 Å². The first kappa shape index (κ1) is 24.9. The summed E-state index contributed by atoms with van der Waals surface area (Å²) in [6.07, 6.45) is 1.20. The highest BCUT2D eigenvalue weighted by molar-refractivity contribution is 14.0. The van der Waals surface area contributed by atoms with E-state index >= 15 is 0 Å². The number of rotatable bonds is 7. The molecular weight excluding hydrogens is 503 g/mol. The van der Waals surface area contributed by atoms with Gasteiger partial charge in [-0.2, -0.15) is 0 Å². The van der Waals surface area contributed by atoms with E-state index in [0.717, 1.165) is 11.1 Å². The summed E-state index contributed by atoms with van der Waals surface area (Å²) in [5.74, 6) is 0.193. The van der Waals surface area contributed by atoms with Crippen LogP contribution in [0.2, 0.25) is 0 Å². The number of carbonyl (C=O) groups excluding carboxylic acids is 1. The van der Waals surface area contributed by atoms with Gasteiger partial charge in [-0.05, 0) is 48.7 Å². The topological polar surface area (TPSA) is 114 Å². The third-order valence-electron chi connectivity index (χ3n) is 4.10. The average Bonchev–Trinajstić information content (AvgIpc) is 2.63. The van der Waals surface area contributed by atoms with E-state index in [1.165, 1.54) is 6.26 Å². The number of benzene rings is 2. The lowest BCUT2D eigenvalue weighted by atomic mass is 10.1. The second-order valence-electron chi connectivity index (χ2n) is 6.48. The van der Waals surface area contributed by atoms with Gasteiger partial charge in [-0.15, -0.1) is 24.0 Å². The lowest BCUT2D eigenvalue weighted by Gasteiger charge is -2.12. The predicted octanol–water partition coefficient (Wildman–Crippen LogP) is 2.37. The summed E-state index contributed by atoms with van der Waals surface area (Å²) >= 11 is 0. The van der Waals surface area contributed by atoms with Crippen LogP contribution in [-0.4, -0.2) is 33.1 Å². The first-order chi connectivity index (χ1) is 13.2. The monoisotopic (exact) mass is 530 g/mol. The molecule has 0 aromatic heterocycles. The molecule has 0 aliphatic rings. The van der Waals surface area contributed by atoms with E-state index in [9.17, 15) is 13.2 Å². The fourth-order valence-electron chi connectivity index (χ4n) is 2.71. The van der Waals surface area contributed by atoms with Crippen LogP contribution in [-0.2, 0) is 22.9 Å². The molecule has 0 bridgehead atoms. The molecule has 0 spiro atoms. The van der Waals surface area contributed by atoms with Crippen LogP contribution in [0.5, 0.6) is 0 Å². The van der Waals surface area contributed by atoms with Gasteiger partial charge in [0.2, 0.25) is 5.91 Å². The zero-order valence-corrected chi connectivity index (χ0v) is 19.9. The van der Waals surface area contributed by atoms with E-state index in [1.54, 1.807) is 31.2 Å². The number of carbonyl (C=O) groups is 1. The van der Waals surface area contributed by atoms with E-state index in [2.05, 4.69) is 15.6 Å². The summed E-state index contributed by atoms with van der Waals surface area (Å²) < 4.78 is 23.4. The summed E-state index contributed by atoms with van der Waals surface area (Å²) in [4.78, 5) is 16.0. The van der Waals surface area contributed by atoms with Gasteiger partial charge in [0.25, 0.3) is 0 Å². The van der Waals surface area contributed by atoms with Gasteiger partial charge in [-0.3, -0.25) is 4.79 Å². The van der Waals surface area contributed by atoms with Crippen molar-refractivity contribution in [2.75, 3.05) is 12.8 Å². The van der Waals surface area contributed by atoms with Crippen molar-refractivity contribution in [3.63, 3.8) is 0 Å². The van der Waals surface area contributed by atoms with Crippen molar-refractivity contribution in [1.82, 2.24) is 10.6 Å². The van der Waals surface area contributed by atoms with E-state index in [1.807, 2.05) is 25.1 Å². The van der Waals surface area contributed by atoms with E-state index in [4.69, 9.17) is 5.73 Å². The Morgan fingerprint density at radius 1 is 1.07 bits per heavy atom. The van der Waals surface area contributed by atoms with Crippen molar-refractivity contribution in [2.45, 2.75) is 31.8 Å². The van der Waals surface area contributed by atoms with Crippen LogP contribution < -0.4 is 16.4 Å². The highest BCUT2D eigenvalue weighted by Crippen LogP contribution is 2.17. The van der Waals surface area contributed by atoms with Gasteiger partial charge in [-0.25, -0.2) is 13.4 Å². The molecule has 0 aliphatic heterocycles. The fraction of sp³-hybridized carbons (Fsp3) is 0.300. The molecule has 7 nitrogen and oxygen atoms in total. The molecule has 29 heavy (non-hydrogen) atoms. The average molecular weight is 530 g/mol. The molecular formula is C20H27IN4O3S. The maximum absolute atomic E-state index is 11.7. The van der Waals surface area contributed by atoms with Crippen molar-refractivity contribution in [3.8, 4) is 0 Å². The van der Waals surface area contributed by atoms with Crippen molar-refractivity contribution >= 4 is 45.7 Å². The summed E-state index contributed by atoms with van der Waals surface area (Å²) in [7, 11) is -3.23. The van der Waals surface area contributed by atoms with Crippen LogP contribution in [0.25, 0.3) is 0 Å². The molecule has 2 rings (SSSR count). The maximum atomic E-state index is 11.7. The molecule has 9 heteroatoms. The number of aliphatic imine (C=N–C) groups is 1. The molecule has 0 fully saturated rings. The number of amides is 1. The number of nitrogens with two attached hydrogens (primary N) is 1. The smallest absolute Gasteiger partial charge is 0.248 e. The van der Waals surface area contributed by atoms with Gasteiger partial charge < -0.3 is 16.4 Å². The predicted molar refractivity (Wildman–Crippen MR) is 126 cm³/mol. The summed E-state index contributed by atoms with van der Waals surface area (Å²) in [6.45, 7) is 5.42. The number of guanidine groups is 1. The number of nitrogens with zero attached hydrogens (tertiary/aromatic N) is 1. The number of hydrogen-bond acceptors (Lipinski definition) is 4. The lowest BCUT2D eigenvalue weighted by Crippen LogP contribution is -2.36. The molecule has 158 valence electrons. The molecule has 0 heterocycles. The number of nitrogens with one attached hydrogen (secondary N) is 2. The molecule has 0 unspecified atom stereocenters. The Labute approximate surface area is 189 Å². The van der Waals surface area contributed by atoms with Crippen LogP contribution >= 0.6 is 24.0 Å². The molecule has 0 saturated heterocycles. The number of halogens is 1. The van der Waals surface area contributed by atoms with Crippen LogP contribution in [0, 0.1) is 6.92 Å². The van der Waals surface area contributed by atoms with Gasteiger partial charge >= 0.3 is 0 Å². The van der Waals surface area contributed by atoms with Crippen molar-refractivity contribution in [1.29, 1.82) is 0 Å². The summed E-state index contributed by atoms with van der Waals surface area (Å²) in [5, 5.41) is 6.40. The highest BCUT2D eigenvalue weighted by Gasteiger charge is 2.10. The van der Waals surface area contributed by atoms with Gasteiger partial charge in [0.1, 0.15) is 0 Å². The Morgan fingerprint density at radius 2 is 1.69 bits per heavy atom. The van der Waals surface area contributed by atoms with Gasteiger partial charge in [0.15, 0.2) is 15.8 Å². The second kappa shape index (κ2) is 11.1. The van der Waals surface area contributed by atoms with Crippen LogP contribution in [0.15, 0.2) is 52.4 Å². The summed E-state index contributed by atoms with van der Waals surface area (Å²) in [6, 6.07) is 12.3.